The number of nitrogens with one attached hydrogen (secondary N) is 1. The summed E-state index contributed by atoms with van der Waals surface area (Å²) in [4.78, 5) is 12.5. The van der Waals surface area contributed by atoms with Gasteiger partial charge in [-0.1, -0.05) is 36.4 Å². The number of rotatable bonds is 6. The number of benzene rings is 3. The van der Waals surface area contributed by atoms with Crippen LogP contribution in [0.3, 0.4) is 0 Å². The molecular formula is C21H19IN2O3S. The number of sulfonamides is 1. The van der Waals surface area contributed by atoms with E-state index in [1.54, 1.807) is 31.3 Å². The average Bonchev–Trinajstić information content (AvgIpc) is 2.69. The predicted molar refractivity (Wildman–Crippen MR) is 119 cm³/mol. The molecule has 0 saturated carbocycles. The molecule has 0 aromatic heterocycles. The zero-order valence-corrected chi connectivity index (χ0v) is 18.1. The van der Waals surface area contributed by atoms with Gasteiger partial charge in [0.05, 0.1) is 4.90 Å². The van der Waals surface area contributed by atoms with E-state index < -0.39 is 10.0 Å². The van der Waals surface area contributed by atoms with Crippen molar-refractivity contribution in [2.45, 2.75) is 11.4 Å². The number of carbonyl (C=O) groups is 1. The summed E-state index contributed by atoms with van der Waals surface area (Å²) < 4.78 is 27.8. The highest BCUT2D eigenvalue weighted by molar-refractivity contribution is 14.1. The summed E-state index contributed by atoms with van der Waals surface area (Å²) in [6.45, 7) is 0.286. The van der Waals surface area contributed by atoms with Crippen LogP contribution in [0.5, 0.6) is 0 Å². The summed E-state index contributed by atoms with van der Waals surface area (Å²) in [6.07, 6.45) is 0. The molecule has 0 atom stereocenters. The van der Waals surface area contributed by atoms with Crippen LogP contribution < -0.4 is 5.32 Å². The van der Waals surface area contributed by atoms with Gasteiger partial charge in [0, 0.05) is 28.4 Å². The number of hydrogen-bond donors (Lipinski definition) is 1. The fourth-order valence-corrected chi connectivity index (χ4v) is 4.35. The lowest BCUT2D eigenvalue weighted by Crippen LogP contribution is -2.26. The number of halogens is 1. The normalized spacial score (nSPS) is 11.4. The molecule has 1 N–H and O–H groups in total. The molecule has 0 fully saturated rings. The average molecular weight is 506 g/mol. The smallest absolute Gasteiger partial charge is 0.255 e. The van der Waals surface area contributed by atoms with Gasteiger partial charge in [0.15, 0.2) is 0 Å². The zero-order valence-electron chi connectivity index (χ0n) is 15.2. The third-order valence-corrected chi connectivity index (χ3v) is 6.64. The molecular weight excluding hydrogens is 487 g/mol. The minimum Gasteiger partial charge on any atom is -0.322 e. The van der Waals surface area contributed by atoms with E-state index >= 15 is 0 Å². The van der Waals surface area contributed by atoms with E-state index in [0.717, 1.165) is 9.13 Å². The number of nitrogens with zero attached hydrogens (tertiary/aromatic N) is 1. The zero-order chi connectivity index (χ0) is 20.1. The molecule has 1 amide bonds. The maximum atomic E-state index is 12.8. The van der Waals surface area contributed by atoms with Gasteiger partial charge in [0.1, 0.15) is 0 Å². The molecule has 144 valence electrons. The van der Waals surface area contributed by atoms with Crippen molar-refractivity contribution >= 4 is 44.2 Å². The largest absolute Gasteiger partial charge is 0.322 e. The Hall–Kier alpha value is -2.23. The van der Waals surface area contributed by atoms with Crippen LogP contribution in [0.15, 0.2) is 83.8 Å². The van der Waals surface area contributed by atoms with E-state index in [4.69, 9.17) is 0 Å². The molecule has 0 heterocycles. The number of amides is 1. The first kappa shape index (κ1) is 20.5. The van der Waals surface area contributed by atoms with Crippen LogP contribution in [0, 0.1) is 3.57 Å². The molecule has 3 aromatic carbocycles. The molecule has 0 bridgehead atoms. The second-order valence-corrected chi connectivity index (χ2v) is 9.53. The quantitative estimate of drug-likeness (QED) is 0.506. The molecule has 5 nitrogen and oxygen atoms in total. The third-order valence-electron chi connectivity index (χ3n) is 4.16. The Bertz CT molecular complexity index is 1070. The molecule has 3 rings (SSSR count). The minimum absolute atomic E-state index is 0.179. The molecule has 0 saturated heterocycles. The van der Waals surface area contributed by atoms with Crippen molar-refractivity contribution in [2.75, 3.05) is 12.4 Å². The first-order valence-corrected chi connectivity index (χ1v) is 11.1. The fraction of sp³-hybridized carbons (Fsp3) is 0.0952. The number of anilines is 1. The van der Waals surface area contributed by atoms with Gasteiger partial charge in [-0.25, -0.2) is 8.42 Å². The molecule has 0 aliphatic heterocycles. The molecule has 7 heteroatoms. The third kappa shape index (κ3) is 4.98. The van der Waals surface area contributed by atoms with Gasteiger partial charge in [0.2, 0.25) is 10.0 Å². The Kier molecular flexibility index (Phi) is 6.48. The van der Waals surface area contributed by atoms with Gasteiger partial charge in [-0.05, 0) is 70.6 Å². The molecule has 0 spiro atoms. The van der Waals surface area contributed by atoms with Crippen molar-refractivity contribution in [1.29, 1.82) is 0 Å². The summed E-state index contributed by atoms with van der Waals surface area (Å²) >= 11 is 2.15. The molecule has 0 radical (unpaired) electrons. The summed E-state index contributed by atoms with van der Waals surface area (Å²) in [6, 6.07) is 22.8. The minimum atomic E-state index is -3.62. The second-order valence-electron chi connectivity index (χ2n) is 6.24. The van der Waals surface area contributed by atoms with Crippen LogP contribution in [0.1, 0.15) is 15.9 Å². The van der Waals surface area contributed by atoms with E-state index in [0.29, 0.717) is 11.3 Å². The molecule has 3 aromatic rings. The van der Waals surface area contributed by atoms with Crippen LogP contribution in [-0.2, 0) is 16.6 Å². The van der Waals surface area contributed by atoms with E-state index in [1.165, 1.54) is 16.4 Å². The Morgan fingerprint density at radius 3 is 2.29 bits per heavy atom. The van der Waals surface area contributed by atoms with Gasteiger partial charge >= 0.3 is 0 Å². The van der Waals surface area contributed by atoms with E-state index in [1.807, 2.05) is 42.5 Å². The Labute approximate surface area is 178 Å². The second kappa shape index (κ2) is 8.85. The van der Waals surface area contributed by atoms with Crippen molar-refractivity contribution in [3.05, 3.63) is 93.6 Å². The van der Waals surface area contributed by atoms with Crippen LogP contribution in [0.4, 0.5) is 5.69 Å². The van der Waals surface area contributed by atoms with Crippen molar-refractivity contribution in [3.63, 3.8) is 0 Å². The number of carbonyl (C=O) groups excluding carboxylic acids is 1. The van der Waals surface area contributed by atoms with Crippen molar-refractivity contribution < 1.29 is 13.2 Å². The first-order chi connectivity index (χ1) is 13.4. The van der Waals surface area contributed by atoms with Gasteiger partial charge < -0.3 is 5.32 Å². The maximum Gasteiger partial charge on any atom is 0.255 e. The van der Waals surface area contributed by atoms with Crippen LogP contribution in [-0.4, -0.2) is 25.7 Å². The maximum absolute atomic E-state index is 12.8. The topological polar surface area (TPSA) is 66.5 Å². The summed E-state index contributed by atoms with van der Waals surface area (Å²) in [7, 11) is -2.07. The Balaban J connectivity index is 1.71. The highest BCUT2D eigenvalue weighted by Gasteiger charge is 2.21. The Morgan fingerprint density at radius 2 is 1.64 bits per heavy atom. The standard InChI is InChI=1S/C21H19IN2O3S/c1-24(15-16-6-3-2-4-7-16)28(26,27)20-12-10-19(11-13-20)23-21(25)17-8-5-9-18(22)14-17/h2-14H,15H2,1H3,(H,23,25). The van der Waals surface area contributed by atoms with Gasteiger partial charge in [-0.3, -0.25) is 4.79 Å². The predicted octanol–water partition coefficient (Wildman–Crippen LogP) is 4.36. The van der Waals surface area contributed by atoms with Gasteiger partial charge in [-0.15, -0.1) is 0 Å². The van der Waals surface area contributed by atoms with Crippen LogP contribution >= 0.6 is 22.6 Å². The summed E-state index contributed by atoms with van der Waals surface area (Å²) in [5.74, 6) is -0.240. The fourth-order valence-electron chi connectivity index (χ4n) is 2.65. The van der Waals surface area contributed by atoms with E-state index in [-0.39, 0.29) is 17.3 Å². The lowest BCUT2D eigenvalue weighted by Gasteiger charge is -2.17. The lowest BCUT2D eigenvalue weighted by atomic mass is 10.2. The molecule has 28 heavy (non-hydrogen) atoms. The Morgan fingerprint density at radius 1 is 0.964 bits per heavy atom. The first-order valence-electron chi connectivity index (χ1n) is 8.53. The van der Waals surface area contributed by atoms with Crippen LogP contribution in [0.2, 0.25) is 0 Å². The van der Waals surface area contributed by atoms with Crippen molar-refractivity contribution in [3.8, 4) is 0 Å². The van der Waals surface area contributed by atoms with Crippen molar-refractivity contribution in [1.82, 2.24) is 4.31 Å². The van der Waals surface area contributed by atoms with E-state index in [9.17, 15) is 13.2 Å². The monoisotopic (exact) mass is 506 g/mol. The SMILES string of the molecule is CN(Cc1ccccc1)S(=O)(=O)c1ccc(NC(=O)c2cccc(I)c2)cc1. The summed E-state index contributed by atoms with van der Waals surface area (Å²) in [5, 5.41) is 2.78. The highest BCUT2D eigenvalue weighted by Crippen LogP contribution is 2.20. The van der Waals surface area contributed by atoms with Crippen LogP contribution in [0.25, 0.3) is 0 Å². The lowest BCUT2D eigenvalue weighted by molar-refractivity contribution is 0.102. The molecule has 0 aliphatic rings. The summed E-state index contributed by atoms with van der Waals surface area (Å²) in [5.41, 5.74) is 2.00. The van der Waals surface area contributed by atoms with Gasteiger partial charge in [0.25, 0.3) is 5.91 Å². The van der Waals surface area contributed by atoms with Crippen molar-refractivity contribution in [2.24, 2.45) is 0 Å². The van der Waals surface area contributed by atoms with E-state index in [2.05, 4.69) is 27.9 Å². The molecule has 0 unspecified atom stereocenters. The molecule has 0 aliphatic carbocycles. The number of hydrogen-bond acceptors (Lipinski definition) is 3. The highest BCUT2D eigenvalue weighted by atomic mass is 127. The van der Waals surface area contributed by atoms with Gasteiger partial charge in [-0.2, -0.15) is 4.31 Å².